The highest BCUT2D eigenvalue weighted by molar-refractivity contribution is 5.27. The quantitative estimate of drug-likeness (QED) is 0.847. The Morgan fingerprint density at radius 1 is 0.909 bits per heavy atom. The standard InChI is InChI=1S/C18H23N3O/c1-22-18-7-5-16(6-8-18)14-20-10-12-21(13-11-20)15-17-4-2-3-9-19-17/h2-9H,10-15H2,1H3. The lowest BCUT2D eigenvalue weighted by Gasteiger charge is -2.34. The maximum atomic E-state index is 5.20. The Morgan fingerprint density at radius 2 is 1.59 bits per heavy atom. The third-order valence-electron chi connectivity index (χ3n) is 4.14. The molecule has 0 amide bonds. The number of pyridine rings is 1. The first-order chi connectivity index (χ1) is 10.8. The molecular formula is C18H23N3O. The van der Waals surface area contributed by atoms with Crippen LogP contribution in [0.15, 0.2) is 48.7 Å². The minimum absolute atomic E-state index is 0.920. The summed E-state index contributed by atoms with van der Waals surface area (Å²) in [5.41, 5.74) is 2.50. The number of ether oxygens (including phenoxy) is 1. The van der Waals surface area contributed by atoms with Crippen LogP contribution in [0.1, 0.15) is 11.3 Å². The molecule has 1 saturated heterocycles. The fourth-order valence-corrected chi connectivity index (χ4v) is 2.82. The SMILES string of the molecule is COc1ccc(CN2CCN(Cc3ccccn3)CC2)cc1. The fraction of sp³-hybridized carbons (Fsp3) is 0.389. The van der Waals surface area contributed by atoms with Crippen molar-refractivity contribution in [2.45, 2.75) is 13.1 Å². The summed E-state index contributed by atoms with van der Waals surface area (Å²) in [5, 5.41) is 0. The Hall–Kier alpha value is -1.91. The predicted molar refractivity (Wildman–Crippen MR) is 87.8 cm³/mol. The second-order valence-corrected chi connectivity index (χ2v) is 5.72. The molecule has 4 heteroatoms. The normalized spacial score (nSPS) is 16.6. The van der Waals surface area contributed by atoms with E-state index < -0.39 is 0 Å². The number of hydrogen-bond donors (Lipinski definition) is 0. The first-order valence-corrected chi connectivity index (χ1v) is 7.81. The third-order valence-corrected chi connectivity index (χ3v) is 4.14. The van der Waals surface area contributed by atoms with Gasteiger partial charge >= 0.3 is 0 Å². The molecule has 1 aromatic carbocycles. The first-order valence-electron chi connectivity index (χ1n) is 7.81. The predicted octanol–water partition coefficient (Wildman–Crippen LogP) is 2.41. The molecule has 0 N–H and O–H groups in total. The van der Waals surface area contributed by atoms with Gasteiger partial charge in [0.2, 0.25) is 0 Å². The highest BCUT2D eigenvalue weighted by atomic mass is 16.5. The number of piperazine rings is 1. The van der Waals surface area contributed by atoms with Crippen molar-refractivity contribution in [3.63, 3.8) is 0 Å². The maximum Gasteiger partial charge on any atom is 0.118 e. The average molecular weight is 297 g/mol. The summed E-state index contributed by atoms with van der Waals surface area (Å²) in [6.07, 6.45) is 1.87. The van der Waals surface area contributed by atoms with E-state index in [-0.39, 0.29) is 0 Å². The lowest BCUT2D eigenvalue weighted by molar-refractivity contribution is 0.121. The molecule has 0 radical (unpaired) electrons. The highest BCUT2D eigenvalue weighted by Gasteiger charge is 2.17. The number of methoxy groups -OCH3 is 1. The summed E-state index contributed by atoms with van der Waals surface area (Å²) in [6.45, 7) is 6.40. The molecule has 1 aliphatic rings. The molecule has 0 atom stereocenters. The van der Waals surface area contributed by atoms with Crippen molar-refractivity contribution in [3.05, 3.63) is 59.9 Å². The number of nitrogens with zero attached hydrogens (tertiary/aromatic N) is 3. The first kappa shape index (κ1) is 15.0. The Kier molecular flexibility index (Phi) is 5.03. The van der Waals surface area contributed by atoms with Crippen LogP contribution in [0, 0.1) is 0 Å². The second kappa shape index (κ2) is 7.38. The Bertz CT molecular complexity index is 563. The van der Waals surface area contributed by atoms with E-state index in [0.29, 0.717) is 0 Å². The smallest absolute Gasteiger partial charge is 0.118 e. The van der Waals surface area contributed by atoms with Gasteiger partial charge in [0.05, 0.1) is 12.8 Å². The van der Waals surface area contributed by atoms with Gasteiger partial charge in [-0.3, -0.25) is 14.8 Å². The topological polar surface area (TPSA) is 28.6 Å². The lowest BCUT2D eigenvalue weighted by atomic mass is 10.2. The minimum atomic E-state index is 0.920. The molecule has 0 unspecified atom stereocenters. The van der Waals surface area contributed by atoms with E-state index in [2.05, 4.69) is 39.0 Å². The van der Waals surface area contributed by atoms with Crippen LogP contribution in [0.25, 0.3) is 0 Å². The van der Waals surface area contributed by atoms with Gasteiger partial charge in [-0.05, 0) is 29.8 Å². The van der Waals surface area contributed by atoms with Crippen molar-refractivity contribution in [1.29, 1.82) is 0 Å². The summed E-state index contributed by atoms with van der Waals surface area (Å²) in [4.78, 5) is 9.40. The Morgan fingerprint density at radius 3 is 2.18 bits per heavy atom. The molecule has 4 nitrogen and oxygen atoms in total. The summed E-state index contributed by atoms with van der Waals surface area (Å²) < 4.78 is 5.20. The fourth-order valence-electron chi connectivity index (χ4n) is 2.82. The molecule has 0 saturated carbocycles. The number of hydrogen-bond acceptors (Lipinski definition) is 4. The van der Waals surface area contributed by atoms with Gasteiger partial charge in [0.1, 0.15) is 5.75 Å². The number of aromatic nitrogens is 1. The van der Waals surface area contributed by atoms with E-state index in [1.54, 1.807) is 7.11 Å². The van der Waals surface area contributed by atoms with E-state index in [4.69, 9.17) is 4.74 Å². The molecule has 0 bridgehead atoms. The van der Waals surface area contributed by atoms with E-state index in [1.807, 2.05) is 24.4 Å². The summed E-state index contributed by atoms with van der Waals surface area (Å²) in [6, 6.07) is 14.5. The summed E-state index contributed by atoms with van der Waals surface area (Å²) in [7, 11) is 1.70. The molecule has 1 fully saturated rings. The molecule has 1 aliphatic heterocycles. The van der Waals surface area contributed by atoms with Crippen LogP contribution in [-0.2, 0) is 13.1 Å². The molecule has 3 rings (SSSR count). The van der Waals surface area contributed by atoms with Crippen LogP contribution in [0.2, 0.25) is 0 Å². The van der Waals surface area contributed by atoms with Crippen LogP contribution in [0.3, 0.4) is 0 Å². The molecule has 22 heavy (non-hydrogen) atoms. The second-order valence-electron chi connectivity index (χ2n) is 5.72. The van der Waals surface area contributed by atoms with Crippen molar-refractivity contribution < 1.29 is 4.74 Å². The van der Waals surface area contributed by atoms with Crippen molar-refractivity contribution >= 4 is 0 Å². The van der Waals surface area contributed by atoms with Gasteiger partial charge in [0.25, 0.3) is 0 Å². The van der Waals surface area contributed by atoms with Crippen molar-refractivity contribution in [3.8, 4) is 5.75 Å². The zero-order valence-electron chi connectivity index (χ0n) is 13.1. The van der Waals surface area contributed by atoms with Gasteiger partial charge in [-0.25, -0.2) is 0 Å². The molecule has 2 aromatic rings. The van der Waals surface area contributed by atoms with Crippen LogP contribution in [0.5, 0.6) is 5.75 Å². The van der Waals surface area contributed by atoms with E-state index in [0.717, 1.165) is 50.7 Å². The van der Waals surface area contributed by atoms with Gasteiger partial charge < -0.3 is 4.74 Å². The molecule has 116 valence electrons. The monoisotopic (exact) mass is 297 g/mol. The molecule has 0 spiro atoms. The van der Waals surface area contributed by atoms with Crippen molar-refractivity contribution in [2.75, 3.05) is 33.3 Å². The molecule has 2 heterocycles. The van der Waals surface area contributed by atoms with E-state index in [1.165, 1.54) is 5.56 Å². The van der Waals surface area contributed by atoms with Gasteiger partial charge in [0, 0.05) is 45.5 Å². The van der Waals surface area contributed by atoms with Crippen molar-refractivity contribution in [2.24, 2.45) is 0 Å². The van der Waals surface area contributed by atoms with Gasteiger partial charge in [0.15, 0.2) is 0 Å². The van der Waals surface area contributed by atoms with Crippen LogP contribution in [-0.4, -0.2) is 48.1 Å². The average Bonchev–Trinajstić information content (AvgIpc) is 2.58. The van der Waals surface area contributed by atoms with Crippen LogP contribution >= 0.6 is 0 Å². The van der Waals surface area contributed by atoms with E-state index >= 15 is 0 Å². The molecule has 0 aliphatic carbocycles. The van der Waals surface area contributed by atoms with Gasteiger partial charge in [-0.2, -0.15) is 0 Å². The number of rotatable bonds is 5. The van der Waals surface area contributed by atoms with E-state index in [9.17, 15) is 0 Å². The molecular weight excluding hydrogens is 274 g/mol. The molecule has 1 aromatic heterocycles. The summed E-state index contributed by atoms with van der Waals surface area (Å²) in [5.74, 6) is 0.920. The van der Waals surface area contributed by atoms with Gasteiger partial charge in [-0.15, -0.1) is 0 Å². The minimum Gasteiger partial charge on any atom is -0.497 e. The Balaban J connectivity index is 1.47. The third kappa shape index (κ3) is 4.06. The van der Waals surface area contributed by atoms with Crippen molar-refractivity contribution in [1.82, 2.24) is 14.8 Å². The van der Waals surface area contributed by atoms with Gasteiger partial charge in [-0.1, -0.05) is 18.2 Å². The summed E-state index contributed by atoms with van der Waals surface area (Å²) >= 11 is 0. The zero-order valence-corrected chi connectivity index (χ0v) is 13.1. The number of benzene rings is 1. The lowest BCUT2D eigenvalue weighted by Crippen LogP contribution is -2.45. The maximum absolute atomic E-state index is 5.20. The van der Waals surface area contributed by atoms with Crippen LogP contribution in [0.4, 0.5) is 0 Å². The highest BCUT2D eigenvalue weighted by Crippen LogP contribution is 2.14. The Labute approximate surface area is 132 Å². The zero-order chi connectivity index (χ0) is 15.2. The largest absolute Gasteiger partial charge is 0.497 e. The van der Waals surface area contributed by atoms with Crippen LogP contribution < -0.4 is 4.74 Å².